The summed E-state index contributed by atoms with van der Waals surface area (Å²) in [7, 11) is 0. The number of carbonyl (C=O) groups is 1. The number of aryl methyl sites for hydroxylation is 2. The number of aromatic nitrogens is 1. The molecule has 1 N–H and O–H groups in total. The number of anilines is 1. The van der Waals surface area contributed by atoms with Crippen molar-refractivity contribution in [2.45, 2.75) is 13.8 Å². The molecule has 1 aromatic heterocycles. The van der Waals surface area contributed by atoms with Gasteiger partial charge in [-0.3, -0.25) is 4.79 Å². The number of hydrogen-bond donors (Lipinski definition) is 1. The Morgan fingerprint density at radius 2 is 1.72 bits per heavy atom. The van der Waals surface area contributed by atoms with Crippen molar-refractivity contribution < 1.29 is 4.79 Å². The number of nitrogens with one attached hydrogen (secondary N) is 1. The molecular weight excluding hydrogens is 400 g/mol. The highest BCUT2D eigenvalue weighted by Gasteiger charge is 2.10. The molecule has 0 unspecified atom stereocenters. The van der Waals surface area contributed by atoms with Crippen LogP contribution < -0.4 is 5.32 Å². The van der Waals surface area contributed by atoms with Crippen LogP contribution in [-0.2, 0) is 0 Å². The third-order valence-corrected chi connectivity index (χ3v) is 5.92. The first-order valence-corrected chi connectivity index (χ1v) is 10.5. The Kier molecular flexibility index (Phi) is 5.47. The molecule has 144 valence electrons. The molecule has 3 aromatic carbocycles. The fourth-order valence-corrected chi connectivity index (χ4v) is 3.93. The first-order chi connectivity index (χ1) is 14.0. The second-order valence-electron chi connectivity index (χ2n) is 6.88. The minimum absolute atomic E-state index is 0.120. The molecule has 0 atom stereocenters. The molecule has 0 aliphatic rings. The van der Waals surface area contributed by atoms with E-state index in [1.807, 2.05) is 86.0 Å². The number of hydrogen-bond acceptors (Lipinski definition) is 3. The number of carbonyl (C=O) groups excluding carboxylic acids is 1. The molecule has 0 spiro atoms. The molecule has 0 saturated heterocycles. The summed E-state index contributed by atoms with van der Waals surface area (Å²) in [5.41, 5.74) is 6.53. The summed E-state index contributed by atoms with van der Waals surface area (Å²) >= 11 is 7.55. The van der Waals surface area contributed by atoms with E-state index in [0.717, 1.165) is 33.1 Å². The van der Waals surface area contributed by atoms with Crippen molar-refractivity contribution in [2.75, 3.05) is 5.32 Å². The standard InChI is InChI=1S/C24H19ClN2OS/c1-15-6-7-19(12-16(15)2)23(28)26-21-5-3-4-18(13-21)22-14-29-24(27-22)17-8-10-20(25)11-9-17/h3-14H,1-2H3,(H,26,28). The monoisotopic (exact) mass is 418 g/mol. The maximum atomic E-state index is 12.6. The smallest absolute Gasteiger partial charge is 0.255 e. The minimum Gasteiger partial charge on any atom is -0.322 e. The van der Waals surface area contributed by atoms with Gasteiger partial charge in [-0.05, 0) is 61.4 Å². The van der Waals surface area contributed by atoms with Crippen LogP contribution in [0.5, 0.6) is 0 Å². The van der Waals surface area contributed by atoms with Crippen LogP contribution in [0.2, 0.25) is 5.02 Å². The van der Waals surface area contributed by atoms with Gasteiger partial charge in [-0.2, -0.15) is 0 Å². The van der Waals surface area contributed by atoms with E-state index in [1.165, 1.54) is 5.56 Å². The van der Waals surface area contributed by atoms with Gasteiger partial charge in [0.1, 0.15) is 5.01 Å². The lowest BCUT2D eigenvalue weighted by Gasteiger charge is -2.08. The summed E-state index contributed by atoms with van der Waals surface area (Å²) in [6.45, 7) is 4.04. The van der Waals surface area contributed by atoms with Gasteiger partial charge in [0.25, 0.3) is 5.91 Å². The van der Waals surface area contributed by atoms with Crippen molar-refractivity contribution >= 4 is 34.5 Å². The summed E-state index contributed by atoms with van der Waals surface area (Å²) in [6.07, 6.45) is 0. The summed E-state index contributed by atoms with van der Waals surface area (Å²) in [6, 6.07) is 21.1. The van der Waals surface area contributed by atoms with Crippen LogP contribution in [0.15, 0.2) is 72.1 Å². The lowest BCUT2D eigenvalue weighted by molar-refractivity contribution is 0.102. The van der Waals surface area contributed by atoms with E-state index >= 15 is 0 Å². The van der Waals surface area contributed by atoms with Crippen LogP contribution in [0.25, 0.3) is 21.8 Å². The zero-order chi connectivity index (χ0) is 20.4. The number of amides is 1. The fraction of sp³-hybridized carbons (Fsp3) is 0.0833. The minimum atomic E-state index is -0.120. The molecule has 5 heteroatoms. The average Bonchev–Trinajstić information content (AvgIpc) is 3.21. The maximum Gasteiger partial charge on any atom is 0.255 e. The van der Waals surface area contributed by atoms with Gasteiger partial charge >= 0.3 is 0 Å². The molecule has 0 saturated carbocycles. The zero-order valence-corrected chi connectivity index (χ0v) is 17.6. The summed E-state index contributed by atoms with van der Waals surface area (Å²) in [5.74, 6) is -0.120. The molecule has 1 amide bonds. The zero-order valence-electron chi connectivity index (χ0n) is 16.1. The molecule has 4 rings (SSSR count). The van der Waals surface area contributed by atoms with Crippen molar-refractivity contribution in [1.82, 2.24) is 4.98 Å². The highest BCUT2D eigenvalue weighted by atomic mass is 35.5. The van der Waals surface area contributed by atoms with E-state index in [0.29, 0.717) is 10.6 Å². The van der Waals surface area contributed by atoms with Crippen molar-refractivity contribution in [2.24, 2.45) is 0 Å². The Hall–Kier alpha value is -2.95. The van der Waals surface area contributed by atoms with Crippen molar-refractivity contribution in [3.8, 4) is 21.8 Å². The molecule has 1 heterocycles. The van der Waals surface area contributed by atoms with Gasteiger partial charge in [0.05, 0.1) is 5.69 Å². The summed E-state index contributed by atoms with van der Waals surface area (Å²) < 4.78 is 0. The second-order valence-corrected chi connectivity index (χ2v) is 8.17. The van der Waals surface area contributed by atoms with Gasteiger partial charge in [0.2, 0.25) is 0 Å². The van der Waals surface area contributed by atoms with Gasteiger partial charge in [-0.15, -0.1) is 11.3 Å². The van der Waals surface area contributed by atoms with Gasteiger partial charge in [0.15, 0.2) is 0 Å². The Labute approximate surface area is 179 Å². The first-order valence-electron chi connectivity index (χ1n) is 9.20. The first kappa shape index (κ1) is 19.4. The highest BCUT2D eigenvalue weighted by molar-refractivity contribution is 7.13. The van der Waals surface area contributed by atoms with Crippen molar-refractivity contribution in [1.29, 1.82) is 0 Å². The average molecular weight is 419 g/mol. The lowest BCUT2D eigenvalue weighted by Crippen LogP contribution is -2.12. The third kappa shape index (κ3) is 4.39. The molecule has 0 aliphatic heterocycles. The van der Waals surface area contributed by atoms with E-state index in [2.05, 4.69) is 5.32 Å². The van der Waals surface area contributed by atoms with E-state index < -0.39 is 0 Å². The van der Waals surface area contributed by atoms with E-state index in [4.69, 9.17) is 16.6 Å². The lowest BCUT2D eigenvalue weighted by atomic mass is 10.1. The molecule has 0 bridgehead atoms. The Morgan fingerprint density at radius 1 is 0.931 bits per heavy atom. The number of thiazole rings is 1. The van der Waals surface area contributed by atoms with Gasteiger partial charge in [-0.25, -0.2) is 4.98 Å². The normalized spacial score (nSPS) is 10.7. The Bertz CT molecular complexity index is 1180. The third-order valence-electron chi connectivity index (χ3n) is 4.78. The number of nitrogens with zero attached hydrogens (tertiary/aromatic N) is 1. The van der Waals surface area contributed by atoms with Crippen LogP contribution in [-0.4, -0.2) is 10.9 Å². The summed E-state index contributed by atoms with van der Waals surface area (Å²) in [4.78, 5) is 17.3. The molecule has 29 heavy (non-hydrogen) atoms. The van der Waals surface area contributed by atoms with E-state index in [1.54, 1.807) is 11.3 Å². The topological polar surface area (TPSA) is 42.0 Å². The molecule has 0 aliphatic carbocycles. The van der Waals surface area contributed by atoms with E-state index in [9.17, 15) is 4.79 Å². The van der Waals surface area contributed by atoms with Crippen LogP contribution in [0.3, 0.4) is 0 Å². The largest absolute Gasteiger partial charge is 0.322 e. The van der Waals surface area contributed by atoms with Crippen molar-refractivity contribution in [3.05, 3.63) is 93.8 Å². The van der Waals surface area contributed by atoms with Crippen molar-refractivity contribution in [3.63, 3.8) is 0 Å². The SMILES string of the molecule is Cc1ccc(C(=O)Nc2cccc(-c3csc(-c4ccc(Cl)cc4)n3)c2)cc1C. The molecule has 3 nitrogen and oxygen atoms in total. The van der Waals surface area contributed by atoms with Crippen LogP contribution >= 0.6 is 22.9 Å². The summed E-state index contributed by atoms with van der Waals surface area (Å²) in [5, 5.41) is 6.64. The predicted molar refractivity (Wildman–Crippen MR) is 122 cm³/mol. The number of rotatable bonds is 4. The Balaban J connectivity index is 1.55. The van der Waals surface area contributed by atoms with Crippen LogP contribution in [0.4, 0.5) is 5.69 Å². The quantitative estimate of drug-likeness (QED) is 0.387. The van der Waals surface area contributed by atoms with Gasteiger partial charge < -0.3 is 5.32 Å². The second kappa shape index (κ2) is 8.19. The molecular formula is C24H19ClN2OS. The molecule has 0 radical (unpaired) electrons. The maximum absolute atomic E-state index is 12.6. The Morgan fingerprint density at radius 3 is 2.48 bits per heavy atom. The molecule has 0 fully saturated rings. The number of halogens is 1. The van der Waals surface area contributed by atoms with Gasteiger partial charge in [0, 0.05) is 32.8 Å². The molecule has 4 aromatic rings. The number of benzene rings is 3. The van der Waals surface area contributed by atoms with Crippen LogP contribution in [0.1, 0.15) is 21.5 Å². The highest BCUT2D eigenvalue weighted by Crippen LogP contribution is 2.30. The van der Waals surface area contributed by atoms with Gasteiger partial charge in [-0.1, -0.05) is 41.9 Å². The predicted octanol–water partition coefficient (Wildman–Crippen LogP) is 7.00. The van der Waals surface area contributed by atoms with E-state index in [-0.39, 0.29) is 5.91 Å². The fourth-order valence-electron chi connectivity index (χ4n) is 2.97. The van der Waals surface area contributed by atoms with Crippen LogP contribution in [0, 0.1) is 13.8 Å².